The SMILES string of the molecule is BrCC=C1CCC1.CC(C)(C)OC(=O)N1CCCC1C(=O)O. The fraction of sp³-hybridized carbons (Fsp3) is 0.750. The maximum absolute atomic E-state index is 11.6. The first-order valence-corrected chi connectivity index (χ1v) is 8.83. The number of aliphatic carboxylic acids is 1. The number of allylic oxidation sites excluding steroid dienone is 2. The Bertz CT molecular complexity index is 422. The van der Waals surface area contributed by atoms with E-state index in [9.17, 15) is 9.59 Å². The summed E-state index contributed by atoms with van der Waals surface area (Å²) in [6.45, 7) is 5.75. The zero-order chi connectivity index (χ0) is 16.8. The molecule has 2 rings (SSSR count). The molecule has 0 aromatic carbocycles. The van der Waals surface area contributed by atoms with Gasteiger partial charge >= 0.3 is 12.1 Å². The summed E-state index contributed by atoms with van der Waals surface area (Å²) in [6.07, 6.45) is 7.08. The number of alkyl halides is 1. The van der Waals surface area contributed by atoms with Crippen molar-refractivity contribution in [3.05, 3.63) is 11.6 Å². The second kappa shape index (κ2) is 8.56. The Morgan fingerprint density at radius 1 is 1.36 bits per heavy atom. The first kappa shape index (κ1) is 19.0. The molecule has 1 amide bonds. The van der Waals surface area contributed by atoms with Crippen molar-refractivity contribution < 1.29 is 19.4 Å². The van der Waals surface area contributed by atoms with E-state index in [0.29, 0.717) is 13.0 Å². The van der Waals surface area contributed by atoms with Gasteiger partial charge in [-0.1, -0.05) is 27.6 Å². The molecule has 1 unspecified atom stereocenters. The van der Waals surface area contributed by atoms with Gasteiger partial charge in [0.15, 0.2) is 0 Å². The second-order valence-corrected chi connectivity index (χ2v) is 7.19. The first-order valence-electron chi connectivity index (χ1n) is 7.71. The number of carbonyl (C=O) groups excluding carboxylic acids is 1. The summed E-state index contributed by atoms with van der Waals surface area (Å²) in [4.78, 5) is 23.7. The Hall–Kier alpha value is -1.04. The standard InChI is InChI=1S/C10H17NO4.C6H9Br/c1-10(2,3)15-9(14)11-6-4-5-7(11)8(12)13;7-5-4-6-2-1-3-6/h7H,4-6H2,1-3H3,(H,12,13);4H,1-3,5H2. The third-order valence-corrected chi connectivity index (χ3v) is 3.85. The van der Waals surface area contributed by atoms with Crippen LogP contribution in [-0.2, 0) is 9.53 Å². The van der Waals surface area contributed by atoms with Gasteiger partial charge in [0.2, 0.25) is 0 Å². The van der Waals surface area contributed by atoms with Crippen LogP contribution >= 0.6 is 15.9 Å². The van der Waals surface area contributed by atoms with Crippen molar-refractivity contribution in [2.45, 2.75) is 64.5 Å². The number of rotatable bonds is 2. The number of carboxylic acids is 1. The summed E-state index contributed by atoms with van der Waals surface area (Å²) in [6, 6.07) is -0.722. The average Bonchev–Trinajstić information content (AvgIpc) is 2.82. The van der Waals surface area contributed by atoms with Gasteiger partial charge < -0.3 is 9.84 Å². The lowest BCUT2D eigenvalue weighted by atomic mass is 9.93. The molecule has 1 N–H and O–H groups in total. The van der Waals surface area contributed by atoms with Gasteiger partial charge in [-0.25, -0.2) is 9.59 Å². The smallest absolute Gasteiger partial charge is 0.411 e. The number of carbonyl (C=O) groups is 2. The van der Waals surface area contributed by atoms with Gasteiger partial charge in [0.05, 0.1) is 0 Å². The summed E-state index contributed by atoms with van der Waals surface area (Å²) in [5.41, 5.74) is 1.06. The maximum atomic E-state index is 11.6. The minimum atomic E-state index is -0.960. The Morgan fingerprint density at radius 3 is 2.36 bits per heavy atom. The molecule has 0 aromatic heterocycles. The average molecular weight is 376 g/mol. The van der Waals surface area contributed by atoms with Crippen LogP contribution in [0.2, 0.25) is 0 Å². The van der Waals surface area contributed by atoms with Crippen LogP contribution in [0.3, 0.4) is 0 Å². The summed E-state index contributed by atoms with van der Waals surface area (Å²) < 4.78 is 5.13. The van der Waals surface area contributed by atoms with Crippen LogP contribution in [-0.4, -0.2) is 45.6 Å². The van der Waals surface area contributed by atoms with E-state index < -0.39 is 23.7 Å². The molecular formula is C16H26BrNO4. The van der Waals surface area contributed by atoms with E-state index in [-0.39, 0.29) is 0 Å². The van der Waals surface area contributed by atoms with Crippen LogP contribution < -0.4 is 0 Å². The molecule has 0 radical (unpaired) electrons. The number of likely N-dealkylation sites (tertiary alicyclic amines) is 1. The molecule has 22 heavy (non-hydrogen) atoms. The van der Waals surface area contributed by atoms with Crippen LogP contribution in [0.25, 0.3) is 0 Å². The van der Waals surface area contributed by atoms with Crippen molar-refractivity contribution >= 4 is 28.0 Å². The lowest BCUT2D eigenvalue weighted by molar-refractivity contribution is -0.142. The Labute approximate surface area is 140 Å². The van der Waals surface area contributed by atoms with Crippen molar-refractivity contribution in [2.75, 3.05) is 11.9 Å². The van der Waals surface area contributed by atoms with E-state index in [0.717, 1.165) is 11.8 Å². The van der Waals surface area contributed by atoms with Crippen LogP contribution in [0, 0.1) is 0 Å². The molecule has 6 heteroatoms. The first-order chi connectivity index (χ1) is 10.2. The molecule has 0 aromatic rings. The fourth-order valence-electron chi connectivity index (χ4n) is 2.26. The van der Waals surface area contributed by atoms with E-state index in [1.165, 1.54) is 24.2 Å². The van der Waals surface area contributed by atoms with Gasteiger partial charge in [-0.2, -0.15) is 0 Å². The van der Waals surface area contributed by atoms with Crippen molar-refractivity contribution in [1.29, 1.82) is 0 Å². The monoisotopic (exact) mass is 375 g/mol. The van der Waals surface area contributed by atoms with Crippen molar-refractivity contribution in [3.8, 4) is 0 Å². The van der Waals surface area contributed by atoms with E-state index >= 15 is 0 Å². The minimum absolute atomic E-state index is 0.464. The molecule has 0 bridgehead atoms. The van der Waals surface area contributed by atoms with Crippen molar-refractivity contribution in [1.82, 2.24) is 4.90 Å². The Balaban J connectivity index is 0.000000287. The lowest BCUT2D eigenvalue weighted by Gasteiger charge is -2.26. The van der Waals surface area contributed by atoms with E-state index in [1.807, 2.05) is 0 Å². The molecule has 1 saturated carbocycles. The van der Waals surface area contributed by atoms with Gasteiger partial charge in [-0.05, 0) is 52.9 Å². The van der Waals surface area contributed by atoms with E-state index in [2.05, 4.69) is 22.0 Å². The van der Waals surface area contributed by atoms with Gasteiger partial charge in [-0.3, -0.25) is 4.90 Å². The molecule has 126 valence electrons. The topological polar surface area (TPSA) is 66.8 Å². The quantitative estimate of drug-likeness (QED) is 0.585. The maximum Gasteiger partial charge on any atom is 0.411 e. The molecule has 2 aliphatic rings. The molecule has 1 aliphatic heterocycles. The summed E-state index contributed by atoms with van der Waals surface area (Å²) in [5, 5.41) is 9.93. The summed E-state index contributed by atoms with van der Waals surface area (Å²) in [5.74, 6) is -0.960. The third-order valence-electron chi connectivity index (χ3n) is 3.53. The lowest BCUT2D eigenvalue weighted by Crippen LogP contribution is -2.43. The Morgan fingerprint density at radius 2 is 2.00 bits per heavy atom. The van der Waals surface area contributed by atoms with Gasteiger partial charge in [0.1, 0.15) is 11.6 Å². The van der Waals surface area contributed by atoms with Gasteiger partial charge in [-0.15, -0.1) is 0 Å². The number of hydrogen-bond donors (Lipinski definition) is 1. The third kappa shape index (κ3) is 6.38. The second-order valence-electron chi connectivity index (χ2n) is 6.54. The molecular weight excluding hydrogens is 350 g/mol. The zero-order valence-corrected chi connectivity index (χ0v) is 15.2. The van der Waals surface area contributed by atoms with Gasteiger partial charge in [0.25, 0.3) is 0 Å². The van der Waals surface area contributed by atoms with Crippen LogP contribution in [0.5, 0.6) is 0 Å². The number of amides is 1. The predicted octanol–water partition coefficient (Wildman–Crippen LogP) is 3.96. The highest BCUT2D eigenvalue weighted by Gasteiger charge is 2.36. The van der Waals surface area contributed by atoms with Crippen molar-refractivity contribution in [2.24, 2.45) is 0 Å². The zero-order valence-electron chi connectivity index (χ0n) is 13.6. The highest BCUT2D eigenvalue weighted by atomic mass is 79.9. The molecule has 1 saturated heterocycles. The van der Waals surface area contributed by atoms with Crippen LogP contribution in [0.4, 0.5) is 4.79 Å². The molecule has 5 nitrogen and oxygen atoms in total. The van der Waals surface area contributed by atoms with Crippen LogP contribution in [0.15, 0.2) is 11.6 Å². The van der Waals surface area contributed by atoms with E-state index in [4.69, 9.17) is 9.84 Å². The molecule has 0 spiro atoms. The van der Waals surface area contributed by atoms with E-state index in [1.54, 1.807) is 26.3 Å². The summed E-state index contributed by atoms with van der Waals surface area (Å²) >= 11 is 3.35. The predicted molar refractivity (Wildman–Crippen MR) is 89.3 cm³/mol. The van der Waals surface area contributed by atoms with Crippen molar-refractivity contribution in [3.63, 3.8) is 0 Å². The largest absolute Gasteiger partial charge is 0.480 e. The molecule has 1 aliphatic carbocycles. The fourth-order valence-corrected chi connectivity index (χ4v) is 2.71. The Kier molecular flexibility index (Phi) is 7.39. The number of nitrogens with zero attached hydrogens (tertiary/aromatic N) is 1. The number of halogens is 1. The van der Waals surface area contributed by atoms with Crippen LogP contribution in [0.1, 0.15) is 52.9 Å². The molecule has 1 heterocycles. The number of ether oxygens (including phenoxy) is 1. The summed E-state index contributed by atoms with van der Waals surface area (Å²) in [7, 11) is 0. The molecule has 1 atom stereocenters. The number of hydrogen-bond acceptors (Lipinski definition) is 3. The highest BCUT2D eigenvalue weighted by Crippen LogP contribution is 2.24. The van der Waals surface area contributed by atoms with Gasteiger partial charge in [0, 0.05) is 11.9 Å². The minimum Gasteiger partial charge on any atom is -0.480 e. The highest BCUT2D eigenvalue weighted by molar-refractivity contribution is 9.09. The normalized spacial score (nSPS) is 20.6. The number of carboxylic acid groups (broad SMARTS) is 1. The molecule has 2 fully saturated rings.